The second kappa shape index (κ2) is 5.05. The summed E-state index contributed by atoms with van der Waals surface area (Å²) < 4.78 is 44.3. The monoisotopic (exact) mass is 328 g/mol. The molecule has 2 aliphatic rings. The first-order valence-electron chi connectivity index (χ1n) is 5.93. The van der Waals surface area contributed by atoms with Crippen molar-refractivity contribution in [2.45, 2.75) is 31.5 Å². The van der Waals surface area contributed by atoms with Crippen LogP contribution in [0.2, 0.25) is 5.02 Å². The van der Waals surface area contributed by atoms with Crippen LogP contribution < -0.4 is 39.4 Å². The van der Waals surface area contributed by atoms with Crippen molar-refractivity contribution in [1.29, 1.82) is 0 Å². The van der Waals surface area contributed by atoms with E-state index in [4.69, 9.17) is 16.3 Å². The average molecular weight is 329 g/mol. The molecule has 3 rings (SSSR count). The van der Waals surface area contributed by atoms with Gasteiger partial charge < -0.3 is 14.6 Å². The molecule has 1 saturated carbocycles. The summed E-state index contributed by atoms with van der Waals surface area (Å²) in [6, 6.07) is 2.95. The summed E-state index contributed by atoms with van der Waals surface area (Å²) in [6.45, 7) is 1.58. The number of carbonyl (C=O) groups excluding carboxylic acids is 1. The van der Waals surface area contributed by atoms with Gasteiger partial charge in [-0.2, -0.15) is 13.2 Å². The van der Waals surface area contributed by atoms with E-state index in [1.165, 1.54) is 12.1 Å². The molecule has 1 fully saturated rings. The fourth-order valence-electron chi connectivity index (χ4n) is 3.05. The van der Waals surface area contributed by atoms with Gasteiger partial charge >= 0.3 is 35.7 Å². The van der Waals surface area contributed by atoms with Crippen LogP contribution in [-0.4, -0.2) is 18.2 Å². The number of fused-ring (bicyclic) bond motifs is 3. The van der Waals surface area contributed by atoms with E-state index in [2.05, 4.69) is 0 Å². The van der Waals surface area contributed by atoms with Gasteiger partial charge in [0.15, 0.2) is 0 Å². The number of alkyl halides is 3. The predicted octanol–water partition coefficient (Wildman–Crippen LogP) is -0.801. The van der Waals surface area contributed by atoms with Gasteiger partial charge in [0.2, 0.25) is 6.10 Å². The quantitative estimate of drug-likeness (QED) is 0.634. The van der Waals surface area contributed by atoms with E-state index in [1.807, 2.05) is 0 Å². The Labute approximate surface area is 145 Å². The number of benzene rings is 1. The molecule has 1 aliphatic carbocycles. The molecule has 3 atom stereocenters. The molecule has 1 aliphatic heterocycles. The molecule has 21 heavy (non-hydrogen) atoms. The van der Waals surface area contributed by atoms with Crippen LogP contribution in [0.15, 0.2) is 12.1 Å². The maximum absolute atomic E-state index is 13.1. The van der Waals surface area contributed by atoms with Crippen molar-refractivity contribution in [2.75, 3.05) is 0 Å². The predicted molar refractivity (Wildman–Crippen MR) is 61.5 cm³/mol. The van der Waals surface area contributed by atoms with Crippen molar-refractivity contribution in [3.63, 3.8) is 0 Å². The third-order valence-corrected chi connectivity index (χ3v) is 4.25. The normalized spacial score (nSPS) is 29.6. The third-order valence-electron chi connectivity index (χ3n) is 4.03. The number of hydrogen-bond acceptors (Lipinski definition) is 3. The molecule has 3 nitrogen and oxygen atoms in total. The Morgan fingerprint density at radius 2 is 2.10 bits per heavy atom. The molecular formula is C13H9ClF3NaO3. The van der Waals surface area contributed by atoms with Gasteiger partial charge in [0.05, 0.1) is 11.4 Å². The minimum atomic E-state index is -4.77. The molecule has 1 heterocycles. The number of aliphatic carboxylic acids is 1. The van der Waals surface area contributed by atoms with Crippen molar-refractivity contribution in [3.8, 4) is 5.75 Å². The standard InChI is InChI=1S/C13H10ClF3O3.Na/c1-5-2-6(14)3-7-8-4-12(8,11(18)19)10(13(15,16)17)20-9(5)7;/h2-3,8,10H,4H2,1H3,(H,18,19);/q;+1/p-1/t8?,10-,12?;/m0./s1. The molecule has 0 N–H and O–H groups in total. The number of halogens is 4. The summed E-state index contributed by atoms with van der Waals surface area (Å²) in [4.78, 5) is 11.2. The molecule has 0 saturated heterocycles. The molecular weight excluding hydrogens is 320 g/mol. The second-order valence-electron chi connectivity index (χ2n) is 5.27. The molecule has 108 valence electrons. The Bertz CT molecular complexity index is 619. The van der Waals surface area contributed by atoms with Crippen LogP contribution in [0.5, 0.6) is 5.75 Å². The van der Waals surface area contributed by atoms with E-state index in [-0.39, 0.29) is 41.7 Å². The summed E-state index contributed by atoms with van der Waals surface area (Å²) in [5.74, 6) is -2.41. The number of ether oxygens (including phenoxy) is 1. The van der Waals surface area contributed by atoms with Crippen LogP contribution in [0.4, 0.5) is 13.2 Å². The van der Waals surface area contributed by atoms with Gasteiger partial charge in [0, 0.05) is 16.5 Å². The van der Waals surface area contributed by atoms with Gasteiger partial charge in [-0.15, -0.1) is 0 Å². The molecule has 1 aromatic carbocycles. The van der Waals surface area contributed by atoms with Crippen molar-refractivity contribution in [2.24, 2.45) is 5.41 Å². The van der Waals surface area contributed by atoms with E-state index >= 15 is 0 Å². The maximum Gasteiger partial charge on any atom is 1.00 e. The summed E-state index contributed by atoms with van der Waals surface area (Å²) >= 11 is 5.88. The molecule has 2 unspecified atom stereocenters. The van der Waals surface area contributed by atoms with Crippen molar-refractivity contribution < 1.29 is 57.4 Å². The number of carbonyl (C=O) groups is 1. The van der Waals surface area contributed by atoms with E-state index in [0.717, 1.165) is 0 Å². The summed E-state index contributed by atoms with van der Waals surface area (Å²) in [7, 11) is 0. The first-order chi connectivity index (χ1) is 9.18. The van der Waals surface area contributed by atoms with Crippen molar-refractivity contribution >= 4 is 17.6 Å². The second-order valence-corrected chi connectivity index (χ2v) is 5.70. The summed E-state index contributed by atoms with van der Waals surface area (Å²) in [5, 5.41) is 11.6. The minimum Gasteiger partial charge on any atom is -0.549 e. The van der Waals surface area contributed by atoms with Gasteiger partial charge in [-0.25, -0.2) is 0 Å². The summed E-state index contributed by atoms with van der Waals surface area (Å²) in [5.41, 5.74) is -1.15. The first-order valence-corrected chi connectivity index (χ1v) is 6.30. The van der Waals surface area contributed by atoms with E-state index in [0.29, 0.717) is 16.1 Å². The fourth-order valence-corrected chi connectivity index (χ4v) is 3.33. The molecule has 0 spiro atoms. The number of hydrogen-bond donors (Lipinski definition) is 0. The van der Waals surface area contributed by atoms with Crippen LogP contribution in [0.25, 0.3) is 0 Å². The van der Waals surface area contributed by atoms with Gasteiger partial charge in [-0.05, 0) is 31.0 Å². The van der Waals surface area contributed by atoms with Crippen LogP contribution in [0.1, 0.15) is 23.5 Å². The number of aryl methyl sites for hydroxylation is 1. The molecule has 0 amide bonds. The Hall–Kier alpha value is -0.430. The summed E-state index contributed by atoms with van der Waals surface area (Å²) in [6.07, 6.45) is -7.29. The number of rotatable bonds is 1. The zero-order valence-corrected chi connectivity index (χ0v) is 14.0. The van der Waals surface area contributed by atoms with Crippen molar-refractivity contribution in [1.82, 2.24) is 0 Å². The van der Waals surface area contributed by atoms with Gasteiger partial charge in [0.25, 0.3) is 0 Å². The Morgan fingerprint density at radius 3 is 2.62 bits per heavy atom. The molecule has 8 heteroatoms. The zero-order valence-electron chi connectivity index (χ0n) is 11.3. The van der Waals surface area contributed by atoms with Crippen LogP contribution in [0, 0.1) is 12.3 Å². The molecule has 0 aromatic heterocycles. The molecule has 1 aromatic rings. The average Bonchev–Trinajstić information content (AvgIpc) is 3.03. The Morgan fingerprint density at radius 1 is 1.48 bits per heavy atom. The third kappa shape index (κ3) is 2.36. The Kier molecular flexibility index (Phi) is 4.07. The molecule has 0 radical (unpaired) electrons. The topological polar surface area (TPSA) is 49.4 Å². The smallest absolute Gasteiger partial charge is 0.549 e. The molecule has 0 bridgehead atoms. The first kappa shape index (κ1) is 16.9. The number of carboxylic acids is 1. The zero-order chi connectivity index (χ0) is 14.9. The van der Waals surface area contributed by atoms with Crippen LogP contribution >= 0.6 is 11.6 Å². The maximum atomic E-state index is 13.1. The Balaban J connectivity index is 0.00000161. The SMILES string of the molecule is Cc1cc(Cl)cc2c1O[C@H](C(F)(F)F)C1(C(=O)[O-])CC21.[Na+]. The van der Waals surface area contributed by atoms with Crippen LogP contribution in [0.3, 0.4) is 0 Å². The largest absolute Gasteiger partial charge is 1.00 e. The number of carboxylic acid groups (broad SMARTS) is 1. The van der Waals surface area contributed by atoms with Gasteiger partial charge in [0.1, 0.15) is 5.75 Å². The van der Waals surface area contributed by atoms with E-state index < -0.39 is 29.6 Å². The van der Waals surface area contributed by atoms with Gasteiger partial charge in [-0.3, -0.25) is 0 Å². The van der Waals surface area contributed by atoms with Crippen molar-refractivity contribution in [3.05, 3.63) is 28.3 Å². The fraction of sp³-hybridized carbons (Fsp3) is 0.462. The minimum absolute atomic E-state index is 0. The van der Waals surface area contributed by atoms with E-state index in [1.54, 1.807) is 6.92 Å². The van der Waals surface area contributed by atoms with Gasteiger partial charge in [-0.1, -0.05) is 11.6 Å². The van der Waals surface area contributed by atoms with Crippen LogP contribution in [-0.2, 0) is 4.79 Å². The van der Waals surface area contributed by atoms with E-state index in [9.17, 15) is 23.1 Å².